The Balaban J connectivity index is 3.79. The van der Waals surface area contributed by atoms with E-state index in [1.165, 1.54) is 18.6 Å². The van der Waals surface area contributed by atoms with E-state index in [-0.39, 0.29) is 0 Å². The van der Waals surface area contributed by atoms with Crippen LogP contribution in [-0.2, 0) is 29.8 Å². The third-order valence-electron chi connectivity index (χ3n) is 0.150. The Morgan fingerprint density at radius 1 is 1.50 bits per heavy atom. The minimum atomic E-state index is 1.27. The van der Waals surface area contributed by atoms with Gasteiger partial charge in [0.15, 0.2) is 0 Å². The topological polar surface area (TPSA) is 0 Å². The SMILES string of the molecule is S=BB=S=S=S. The second kappa shape index (κ2) is 6.01. The zero-order valence-corrected chi connectivity index (χ0v) is 6.05. The Labute approximate surface area is 53.9 Å². The molecule has 6 heavy (non-hydrogen) atoms. The summed E-state index contributed by atoms with van der Waals surface area (Å²) >= 11 is 8.96. The van der Waals surface area contributed by atoms with Crippen LogP contribution in [0.2, 0.25) is 0 Å². The van der Waals surface area contributed by atoms with Crippen LogP contribution < -0.4 is 0 Å². The van der Waals surface area contributed by atoms with Gasteiger partial charge in [-0.15, -0.1) is 0 Å². The first-order chi connectivity index (χ1) is 2.91. The monoisotopic (exact) mass is 150 g/mol. The standard InChI is InChI=1S/B2S4/c3-1-2-5-6-4. The van der Waals surface area contributed by atoms with Crippen LogP contribution in [0.4, 0.5) is 0 Å². The van der Waals surface area contributed by atoms with Gasteiger partial charge < -0.3 is 0 Å². The summed E-state index contributed by atoms with van der Waals surface area (Å²) in [6, 6.07) is 3.32. The summed E-state index contributed by atoms with van der Waals surface area (Å²) < 4.78 is 0. The van der Waals surface area contributed by atoms with E-state index in [4.69, 9.17) is 0 Å². The van der Waals surface area contributed by atoms with Crippen LogP contribution >= 0.6 is 12.1 Å². The molecule has 0 saturated heterocycles. The molecule has 0 aliphatic carbocycles. The fraction of sp³-hybridized carbons (Fsp3) is 0. The summed E-state index contributed by atoms with van der Waals surface area (Å²) in [5.41, 5.74) is 0. The summed E-state index contributed by atoms with van der Waals surface area (Å²) in [5.74, 6) is 0. The van der Waals surface area contributed by atoms with Gasteiger partial charge in [-0.25, -0.2) is 0 Å². The summed E-state index contributed by atoms with van der Waals surface area (Å²) in [5, 5.41) is 0. The molecule has 0 bridgehead atoms. The molecule has 0 unspecified atom stereocenters. The van der Waals surface area contributed by atoms with Crippen molar-refractivity contribution >= 4 is 54.0 Å². The summed E-state index contributed by atoms with van der Waals surface area (Å²) in [4.78, 5) is 0. The maximum absolute atomic E-state index is 4.50. The van der Waals surface area contributed by atoms with Crippen LogP contribution in [0, 0.1) is 0 Å². The first-order valence-electron chi connectivity index (χ1n) is 1.14. The van der Waals surface area contributed by atoms with Crippen molar-refractivity contribution in [2.45, 2.75) is 0 Å². The van der Waals surface area contributed by atoms with Crippen molar-refractivity contribution in [3.63, 3.8) is 0 Å². The van der Waals surface area contributed by atoms with E-state index in [1.54, 1.807) is 12.1 Å². The van der Waals surface area contributed by atoms with Gasteiger partial charge in [-0.1, -0.05) is 0 Å². The third-order valence-corrected chi connectivity index (χ3v) is 2.06. The van der Waals surface area contributed by atoms with Crippen molar-refractivity contribution in [2.75, 3.05) is 0 Å². The molecule has 0 nitrogen and oxygen atoms in total. The van der Waals surface area contributed by atoms with Gasteiger partial charge in [-0.05, 0) is 0 Å². The normalized spacial score (nSPS) is 4.67. The average molecular weight is 150 g/mol. The molecule has 0 aromatic rings. The molecule has 0 amide bonds. The van der Waals surface area contributed by atoms with Crippen molar-refractivity contribution in [1.29, 1.82) is 0 Å². The first-order valence-corrected chi connectivity index (χ1v) is 4.75. The average Bonchev–Trinajstić information content (AvgIpc) is 1.61. The second-order valence-electron chi connectivity index (χ2n) is 0.436. The summed E-state index contributed by atoms with van der Waals surface area (Å²) in [7, 11) is 2.73. The van der Waals surface area contributed by atoms with Crippen LogP contribution in [0.15, 0.2) is 0 Å². The molecule has 0 fully saturated rings. The quantitative estimate of drug-likeness (QED) is 0.478. The first kappa shape index (κ1) is 7.01. The molecule has 0 aliphatic heterocycles. The van der Waals surface area contributed by atoms with E-state index < -0.39 is 0 Å². The predicted octanol–water partition coefficient (Wildman–Crippen LogP) is -0.121. The van der Waals surface area contributed by atoms with Gasteiger partial charge in [-0.3, -0.25) is 0 Å². The number of hydrogen-bond acceptors (Lipinski definition) is 2. The Hall–Kier alpha value is 1.01. The molecule has 0 atom stereocenters. The van der Waals surface area contributed by atoms with Gasteiger partial charge in [0.05, 0.1) is 0 Å². The Bertz CT molecular complexity index is 114. The molecule has 0 N–H and O–H groups in total. The molecule has 0 aliphatic rings. The molecule has 0 heterocycles. The fourth-order valence-electron chi connectivity index (χ4n) is 0.0454. The zero-order chi connectivity index (χ0) is 4.83. The zero-order valence-electron chi connectivity index (χ0n) is 2.79. The van der Waals surface area contributed by atoms with Gasteiger partial charge in [0.25, 0.3) is 0 Å². The van der Waals surface area contributed by atoms with E-state index >= 15 is 0 Å². The van der Waals surface area contributed by atoms with Gasteiger partial charge in [0.1, 0.15) is 0 Å². The van der Waals surface area contributed by atoms with Crippen LogP contribution in [0.1, 0.15) is 0 Å². The van der Waals surface area contributed by atoms with Crippen molar-refractivity contribution in [3.8, 4) is 0 Å². The van der Waals surface area contributed by atoms with Crippen molar-refractivity contribution < 1.29 is 0 Å². The second-order valence-corrected chi connectivity index (χ2v) is 3.52. The molecule has 0 spiro atoms. The molecular formula is B2S4. The van der Waals surface area contributed by atoms with Gasteiger partial charge in [0, 0.05) is 0 Å². The van der Waals surface area contributed by atoms with E-state index in [0.29, 0.717) is 0 Å². The van der Waals surface area contributed by atoms with E-state index in [9.17, 15) is 0 Å². The molecule has 6 heteroatoms. The third kappa shape index (κ3) is 5.01. The van der Waals surface area contributed by atoms with Gasteiger partial charge in [0.2, 0.25) is 0 Å². The van der Waals surface area contributed by atoms with Crippen LogP contribution in [0.3, 0.4) is 0 Å². The maximum atomic E-state index is 4.50. The van der Waals surface area contributed by atoms with Crippen molar-refractivity contribution in [2.24, 2.45) is 0 Å². The number of rotatable bonds is 1. The van der Waals surface area contributed by atoms with Crippen LogP contribution in [-0.4, -0.2) is 12.1 Å². The summed E-state index contributed by atoms with van der Waals surface area (Å²) in [6.45, 7) is 0. The van der Waals surface area contributed by atoms with E-state index in [2.05, 4.69) is 23.2 Å². The van der Waals surface area contributed by atoms with E-state index in [1.807, 2.05) is 0 Å². The Kier molecular flexibility index (Phi) is 7.02. The molecule has 0 saturated carbocycles. The van der Waals surface area contributed by atoms with Crippen molar-refractivity contribution in [1.82, 2.24) is 0 Å². The van der Waals surface area contributed by atoms with Crippen molar-refractivity contribution in [3.05, 3.63) is 0 Å². The van der Waals surface area contributed by atoms with Crippen LogP contribution in [0.25, 0.3) is 0 Å². The Morgan fingerprint density at radius 3 is 2.33 bits per heavy atom. The summed E-state index contributed by atoms with van der Waals surface area (Å²) in [6.07, 6.45) is 0. The molecule has 30 valence electrons. The molecule has 0 radical (unpaired) electrons. The molecular weight excluding hydrogens is 150 g/mol. The molecule has 0 aromatic heterocycles. The van der Waals surface area contributed by atoms with E-state index in [0.717, 1.165) is 0 Å². The number of hydrogen-bond donors (Lipinski definition) is 0. The minimum absolute atomic E-state index is 1.27. The molecule has 0 rings (SSSR count). The van der Waals surface area contributed by atoms with Gasteiger partial charge in [-0.2, -0.15) is 0 Å². The predicted molar refractivity (Wildman–Crippen MR) is 41.2 cm³/mol. The Morgan fingerprint density at radius 2 is 2.17 bits per heavy atom. The van der Waals surface area contributed by atoms with Gasteiger partial charge >= 0.3 is 54.0 Å². The van der Waals surface area contributed by atoms with Crippen LogP contribution in [0.5, 0.6) is 0 Å². The molecule has 0 aromatic carbocycles. The fourth-order valence-corrected chi connectivity index (χ4v) is 1.22.